The van der Waals surface area contributed by atoms with Crippen molar-refractivity contribution in [2.45, 2.75) is 45.4 Å². The van der Waals surface area contributed by atoms with Crippen molar-refractivity contribution in [2.75, 3.05) is 13.1 Å². The highest BCUT2D eigenvalue weighted by atomic mass is 16.6. The molecule has 1 aromatic rings. The molecule has 4 rings (SSSR count). The van der Waals surface area contributed by atoms with E-state index >= 15 is 0 Å². The maximum atomic E-state index is 13.4. The largest absolute Gasteiger partial charge is 0.445 e. The average Bonchev–Trinajstić information content (AvgIpc) is 3.16. The van der Waals surface area contributed by atoms with Crippen LogP contribution in [0.15, 0.2) is 30.3 Å². The number of fused-ring (bicyclic) bond motifs is 1. The Balaban J connectivity index is 1.48. The van der Waals surface area contributed by atoms with Gasteiger partial charge in [-0.2, -0.15) is 0 Å². The Kier molecular flexibility index (Phi) is 6.33. The van der Waals surface area contributed by atoms with E-state index in [1.807, 2.05) is 44.2 Å². The highest BCUT2D eigenvalue weighted by molar-refractivity contribution is 6.37. The molecule has 0 aromatic heterocycles. The molecular weight excluding hydrogens is 440 g/mol. The van der Waals surface area contributed by atoms with Crippen molar-refractivity contribution in [2.24, 2.45) is 28.9 Å². The summed E-state index contributed by atoms with van der Waals surface area (Å²) < 4.78 is 5.45. The first-order valence-corrected chi connectivity index (χ1v) is 11.5. The van der Waals surface area contributed by atoms with Gasteiger partial charge in [-0.05, 0) is 35.7 Å². The lowest BCUT2D eigenvalue weighted by molar-refractivity contribution is -0.139. The molecular formula is C24H30N4O6. The van der Waals surface area contributed by atoms with Crippen molar-refractivity contribution >= 4 is 29.6 Å². The fourth-order valence-corrected chi connectivity index (χ4v) is 5.39. The number of amides is 4. The van der Waals surface area contributed by atoms with E-state index in [-0.39, 0.29) is 36.2 Å². The van der Waals surface area contributed by atoms with Crippen molar-refractivity contribution in [3.8, 4) is 0 Å². The molecule has 2 aliphatic heterocycles. The summed E-state index contributed by atoms with van der Waals surface area (Å²) in [6, 6.07) is 7.13. The number of carbonyl (C=O) groups excluding carboxylic acids is 5. The van der Waals surface area contributed by atoms with E-state index in [0.29, 0.717) is 19.5 Å². The molecule has 2 saturated heterocycles. The molecule has 34 heavy (non-hydrogen) atoms. The van der Waals surface area contributed by atoms with Crippen LogP contribution in [0.5, 0.6) is 0 Å². The van der Waals surface area contributed by atoms with Gasteiger partial charge in [0.15, 0.2) is 0 Å². The second-order valence-corrected chi connectivity index (χ2v) is 9.89. The second kappa shape index (κ2) is 9.08. The van der Waals surface area contributed by atoms with Gasteiger partial charge < -0.3 is 21.1 Å². The molecule has 3 aliphatic rings. The first-order chi connectivity index (χ1) is 16.1. The second-order valence-electron chi connectivity index (χ2n) is 9.89. The van der Waals surface area contributed by atoms with Crippen LogP contribution >= 0.6 is 0 Å². The number of primary amides is 1. The molecule has 1 aliphatic carbocycles. The minimum absolute atomic E-state index is 0.0258. The first kappa shape index (κ1) is 23.7. The minimum Gasteiger partial charge on any atom is -0.445 e. The number of rotatable bonds is 8. The molecule has 0 radical (unpaired) electrons. The molecule has 0 unspecified atom stereocenters. The summed E-state index contributed by atoms with van der Waals surface area (Å²) >= 11 is 0. The Hall–Kier alpha value is -3.43. The summed E-state index contributed by atoms with van der Waals surface area (Å²) in [6.45, 7) is 4.97. The standard InChI is InChI=1S/C24H30N4O6/c1-24(2)15-11-28(23(33)34-12-13-6-4-3-5-7-13)18(17(15)24)22(32)27-16(19(29)20(25)30)10-14-8-9-26-21(14)31/h3-7,14-18H,8-12H2,1-2H3,(H2,25,30)(H,26,31)(H,27,32)/t14-,15-,16-,17-,18-/m0/s1. The maximum Gasteiger partial charge on any atom is 0.410 e. The molecule has 4 amide bonds. The molecule has 2 heterocycles. The molecule has 0 spiro atoms. The predicted molar refractivity (Wildman–Crippen MR) is 120 cm³/mol. The summed E-state index contributed by atoms with van der Waals surface area (Å²) in [4.78, 5) is 63.7. The van der Waals surface area contributed by atoms with Gasteiger partial charge >= 0.3 is 6.09 Å². The van der Waals surface area contributed by atoms with Crippen LogP contribution in [0.1, 0.15) is 32.3 Å². The molecule has 5 atom stereocenters. The fourth-order valence-electron chi connectivity index (χ4n) is 5.39. The number of hydrogen-bond acceptors (Lipinski definition) is 6. The van der Waals surface area contributed by atoms with Crippen LogP contribution in [0.25, 0.3) is 0 Å². The number of piperidine rings is 1. The van der Waals surface area contributed by atoms with Crippen LogP contribution < -0.4 is 16.4 Å². The van der Waals surface area contributed by atoms with Crippen LogP contribution in [0.2, 0.25) is 0 Å². The summed E-state index contributed by atoms with van der Waals surface area (Å²) in [7, 11) is 0. The number of nitrogens with two attached hydrogens (primary N) is 1. The maximum absolute atomic E-state index is 13.4. The van der Waals surface area contributed by atoms with E-state index < -0.39 is 41.7 Å². The summed E-state index contributed by atoms with van der Waals surface area (Å²) in [5.74, 6) is -3.40. The number of ether oxygens (including phenoxy) is 1. The number of benzene rings is 1. The summed E-state index contributed by atoms with van der Waals surface area (Å²) in [5.41, 5.74) is 5.88. The van der Waals surface area contributed by atoms with Gasteiger partial charge in [-0.3, -0.25) is 24.1 Å². The van der Waals surface area contributed by atoms with Crippen molar-refractivity contribution in [3.63, 3.8) is 0 Å². The monoisotopic (exact) mass is 470 g/mol. The number of nitrogens with zero attached hydrogens (tertiary/aromatic N) is 1. The molecule has 10 nitrogen and oxygen atoms in total. The van der Waals surface area contributed by atoms with Crippen LogP contribution in [0, 0.1) is 23.2 Å². The van der Waals surface area contributed by atoms with Crippen molar-refractivity contribution in [1.82, 2.24) is 15.5 Å². The lowest BCUT2D eigenvalue weighted by atomic mass is 9.94. The quantitative estimate of drug-likeness (QED) is 0.467. The highest BCUT2D eigenvalue weighted by Gasteiger charge is 2.69. The van der Waals surface area contributed by atoms with Gasteiger partial charge in [0.05, 0.1) is 6.04 Å². The highest BCUT2D eigenvalue weighted by Crippen LogP contribution is 2.64. The van der Waals surface area contributed by atoms with Gasteiger partial charge in [-0.15, -0.1) is 0 Å². The van der Waals surface area contributed by atoms with E-state index in [1.54, 1.807) is 0 Å². The van der Waals surface area contributed by atoms with Gasteiger partial charge in [0.1, 0.15) is 12.6 Å². The number of carbonyl (C=O) groups is 5. The Bertz CT molecular complexity index is 1010. The Morgan fingerprint density at radius 3 is 2.56 bits per heavy atom. The summed E-state index contributed by atoms with van der Waals surface area (Å²) in [6.07, 6.45) is -0.141. The molecule has 3 fully saturated rings. The Morgan fingerprint density at radius 1 is 1.24 bits per heavy atom. The van der Waals surface area contributed by atoms with E-state index in [9.17, 15) is 24.0 Å². The summed E-state index contributed by atoms with van der Waals surface area (Å²) in [5, 5.41) is 5.30. The predicted octanol–water partition coefficient (Wildman–Crippen LogP) is 0.345. The van der Waals surface area contributed by atoms with E-state index in [0.717, 1.165) is 5.56 Å². The van der Waals surface area contributed by atoms with Gasteiger partial charge in [-0.25, -0.2) is 4.79 Å². The average molecular weight is 471 g/mol. The first-order valence-electron chi connectivity index (χ1n) is 11.5. The van der Waals surface area contributed by atoms with Gasteiger partial charge in [-0.1, -0.05) is 44.2 Å². The van der Waals surface area contributed by atoms with Crippen molar-refractivity contribution < 1.29 is 28.7 Å². The molecule has 0 bridgehead atoms. The topological polar surface area (TPSA) is 148 Å². The van der Waals surface area contributed by atoms with Crippen LogP contribution in [-0.2, 0) is 30.5 Å². The fraction of sp³-hybridized carbons (Fsp3) is 0.542. The zero-order chi connectivity index (χ0) is 24.6. The smallest absolute Gasteiger partial charge is 0.410 e. The van der Waals surface area contributed by atoms with E-state index in [4.69, 9.17) is 10.5 Å². The molecule has 182 valence electrons. The van der Waals surface area contributed by atoms with Gasteiger partial charge in [0, 0.05) is 19.0 Å². The lowest BCUT2D eigenvalue weighted by Gasteiger charge is -2.30. The Morgan fingerprint density at radius 2 is 1.94 bits per heavy atom. The third-order valence-electron chi connectivity index (χ3n) is 7.48. The number of ketones is 1. The third kappa shape index (κ3) is 4.49. The van der Waals surface area contributed by atoms with Gasteiger partial charge in [0.25, 0.3) is 5.91 Å². The molecule has 10 heteroatoms. The molecule has 4 N–H and O–H groups in total. The minimum atomic E-state index is -1.23. The SMILES string of the molecule is CC1(C)[C@@H]2[C@@H](C(=O)N[C@@H](C[C@@H]3CCNC3=O)C(=O)C(N)=O)N(C(=O)OCc3ccccc3)C[C@@H]21. The van der Waals surface area contributed by atoms with Crippen molar-refractivity contribution in [1.29, 1.82) is 0 Å². The Labute approximate surface area is 197 Å². The third-order valence-corrected chi connectivity index (χ3v) is 7.48. The van der Waals surface area contributed by atoms with Crippen LogP contribution in [-0.4, -0.2) is 59.7 Å². The van der Waals surface area contributed by atoms with Gasteiger partial charge in [0.2, 0.25) is 17.6 Å². The molecule has 1 saturated carbocycles. The normalized spacial score (nSPS) is 27.4. The zero-order valence-corrected chi connectivity index (χ0v) is 19.3. The van der Waals surface area contributed by atoms with E-state index in [2.05, 4.69) is 10.6 Å². The number of Topliss-reactive ketones (excluding diaryl/α,β-unsaturated/α-hetero) is 1. The van der Waals surface area contributed by atoms with Crippen LogP contribution in [0.3, 0.4) is 0 Å². The number of likely N-dealkylation sites (tertiary alicyclic amines) is 1. The molecule has 1 aromatic carbocycles. The van der Waals surface area contributed by atoms with Crippen molar-refractivity contribution in [3.05, 3.63) is 35.9 Å². The zero-order valence-electron chi connectivity index (χ0n) is 19.3. The van der Waals surface area contributed by atoms with Crippen LogP contribution in [0.4, 0.5) is 4.79 Å². The van der Waals surface area contributed by atoms with E-state index in [1.165, 1.54) is 4.90 Å². The number of nitrogens with one attached hydrogen (secondary N) is 2. The number of hydrogen-bond donors (Lipinski definition) is 3. The lowest BCUT2D eigenvalue weighted by Crippen LogP contribution is -2.55.